The number of carbonyl (C=O) groups is 2. The molecule has 4 nitrogen and oxygen atoms in total. The van der Waals surface area contributed by atoms with Crippen molar-refractivity contribution in [3.63, 3.8) is 0 Å². The topological polar surface area (TPSA) is 46.6 Å². The zero-order valence-corrected chi connectivity index (χ0v) is 16.2. The highest BCUT2D eigenvalue weighted by molar-refractivity contribution is 8.26. The van der Waals surface area contributed by atoms with Crippen molar-refractivity contribution in [2.75, 3.05) is 6.54 Å². The van der Waals surface area contributed by atoms with Gasteiger partial charge in [0, 0.05) is 6.54 Å². The second-order valence-corrected chi connectivity index (χ2v) is 7.60. The highest BCUT2D eigenvalue weighted by atomic mass is 32.2. The third-order valence-electron chi connectivity index (χ3n) is 3.87. The fraction of sp³-hybridized carbons (Fsp3) is 0.150. The van der Waals surface area contributed by atoms with E-state index in [1.807, 2.05) is 0 Å². The van der Waals surface area contributed by atoms with Crippen molar-refractivity contribution in [1.29, 1.82) is 0 Å². The fourth-order valence-corrected chi connectivity index (χ4v) is 3.78. The minimum absolute atomic E-state index is 0.0361. The van der Waals surface area contributed by atoms with Crippen LogP contribution in [0.25, 0.3) is 6.08 Å². The Morgan fingerprint density at radius 3 is 2.61 bits per heavy atom. The van der Waals surface area contributed by atoms with Gasteiger partial charge in [-0.05, 0) is 41.5 Å². The number of hydrogen-bond acceptors (Lipinski definition) is 5. The van der Waals surface area contributed by atoms with Gasteiger partial charge in [0.15, 0.2) is 0 Å². The lowest BCUT2D eigenvalue weighted by atomic mass is 10.2. The van der Waals surface area contributed by atoms with Gasteiger partial charge in [0.05, 0.1) is 11.3 Å². The molecule has 1 aliphatic rings. The average molecular weight is 419 g/mol. The fourth-order valence-electron chi connectivity index (χ4n) is 2.47. The summed E-state index contributed by atoms with van der Waals surface area (Å²) in [5.41, 5.74) is 1.22. The molecule has 2 aromatic rings. The first-order valence-corrected chi connectivity index (χ1v) is 9.56. The van der Waals surface area contributed by atoms with E-state index in [0.717, 1.165) is 11.8 Å². The Morgan fingerprint density at radius 1 is 1.14 bits per heavy atom. The summed E-state index contributed by atoms with van der Waals surface area (Å²) < 4.78 is 31.5. The van der Waals surface area contributed by atoms with Gasteiger partial charge in [-0.3, -0.25) is 14.5 Å². The Bertz CT molecular complexity index is 945. The van der Waals surface area contributed by atoms with Gasteiger partial charge in [0.2, 0.25) is 0 Å². The Balaban J connectivity index is 1.54. The lowest BCUT2D eigenvalue weighted by molar-refractivity contribution is -0.145. The van der Waals surface area contributed by atoms with E-state index in [1.165, 1.54) is 35.2 Å². The molecule has 1 heterocycles. The van der Waals surface area contributed by atoms with Gasteiger partial charge in [-0.1, -0.05) is 48.2 Å². The van der Waals surface area contributed by atoms with E-state index in [2.05, 4.69) is 0 Å². The van der Waals surface area contributed by atoms with Gasteiger partial charge >= 0.3 is 5.97 Å². The number of ether oxygens (including phenoxy) is 1. The van der Waals surface area contributed by atoms with Crippen molar-refractivity contribution in [2.45, 2.75) is 13.0 Å². The number of rotatable bonds is 6. The van der Waals surface area contributed by atoms with Gasteiger partial charge in [0.1, 0.15) is 22.6 Å². The minimum Gasteiger partial charge on any atom is -0.461 e. The molecule has 0 saturated carbocycles. The molecule has 1 saturated heterocycles. The van der Waals surface area contributed by atoms with Crippen molar-refractivity contribution in [3.05, 3.63) is 76.2 Å². The number of hydrogen-bond donors (Lipinski definition) is 0. The number of nitrogens with zero attached hydrogens (tertiary/aromatic N) is 1. The molecule has 0 radical (unpaired) electrons. The SMILES string of the molecule is O=C(CCN1C(=O)/C(=C/c2ccc(F)cc2)SC1=S)OCc1cccc(F)c1. The van der Waals surface area contributed by atoms with Gasteiger partial charge < -0.3 is 4.74 Å². The highest BCUT2D eigenvalue weighted by Crippen LogP contribution is 2.32. The van der Waals surface area contributed by atoms with Crippen LogP contribution in [-0.2, 0) is 20.9 Å². The summed E-state index contributed by atoms with van der Waals surface area (Å²) in [7, 11) is 0. The van der Waals surface area contributed by atoms with Gasteiger partial charge in [-0.25, -0.2) is 8.78 Å². The van der Waals surface area contributed by atoms with Crippen LogP contribution in [-0.4, -0.2) is 27.6 Å². The third kappa shape index (κ3) is 5.24. The van der Waals surface area contributed by atoms with E-state index in [1.54, 1.807) is 24.3 Å². The molecule has 144 valence electrons. The van der Waals surface area contributed by atoms with E-state index < -0.39 is 11.8 Å². The van der Waals surface area contributed by atoms with Gasteiger partial charge in [0.25, 0.3) is 5.91 Å². The number of carbonyl (C=O) groups excluding carboxylic acids is 2. The first-order chi connectivity index (χ1) is 13.4. The van der Waals surface area contributed by atoms with Crippen LogP contribution in [0.4, 0.5) is 8.78 Å². The summed E-state index contributed by atoms with van der Waals surface area (Å²) >= 11 is 6.34. The number of benzene rings is 2. The summed E-state index contributed by atoms with van der Waals surface area (Å²) in [4.78, 5) is 26.2. The van der Waals surface area contributed by atoms with Crippen LogP contribution in [0.5, 0.6) is 0 Å². The van der Waals surface area contributed by atoms with E-state index in [-0.39, 0.29) is 31.3 Å². The highest BCUT2D eigenvalue weighted by Gasteiger charge is 2.32. The molecular formula is C20H15F2NO3S2. The Kier molecular flexibility index (Phi) is 6.53. The summed E-state index contributed by atoms with van der Waals surface area (Å²) in [5.74, 6) is -1.58. The van der Waals surface area contributed by atoms with Crippen LogP contribution in [0.1, 0.15) is 17.5 Å². The molecule has 0 spiro atoms. The predicted molar refractivity (Wildman–Crippen MR) is 107 cm³/mol. The minimum atomic E-state index is -0.513. The van der Waals surface area contributed by atoms with Crippen molar-refractivity contribution in [2.24, 2.45) is 0 Å². The standard InChI is InChI=1S/C20H15F2NO3S2/c21-15-6-4-13(5-7-15)11-17-19(25)23(20(27)28-17)9-8-18(24)26-12-14-2-1-3-16(22)10-14/h1-7,10-11H,8-9,12H2/b17-11-. The normalized spacial score (nSPS) is 15.4. The molecule has 0 bridgehead atoms. The number of thiocarbonyl (C=S) groups is 1. The lowest BCUT2D eigenvalue weighted by Crippen LogP contribution is -2.30. The zero-order valence-electron chi connectivity index (χ0n) is 14.6. The second-order valence-electron chi connectivity index (χ2n) is 5.93. The van der Waals surface area contributed by atoms with Crippen molar-refractivity contribution in [3.8, 4) is 0 Å². The number of esters is 1. The van der Waals surface area contributed by atoms with Crippen LogP contribution in [0.3, 0.4) is 0 Å². The molecule has 0 atom stereocenters. The monoisotopic (exact) mass is 419 g/mol. The summed E-state index contributed by atoms with van der Waals surface area (Å²) in [5, 5.41) is 0. The molecule has 1 fully saturated rings. The maximum absolute atomic E-state index is 13.1. The second kappa shape index (κ2) is 9.07. The summed E-state index contributed by atoms with van der Waals surface area (Å²) in [6, 6.07) is 11.5. The van der Waals surface area contributed by atoms with Crippen molar-refractivity contribution < 1.29 is 23.1 Å². The van der Waals surface area contributed by atoms with Crippen LogP contribution >= 0.6 is 24.0 Å². The van der Waals surface area contributed by atoms with Crippen LogP contribution < -0.4 is 0 Å². The first kappa shape index (κ1) is 20.2. The van der Waals surface area contributed by atoms with Crippen molar-refractivity contribution in [1.82, 2.24) is 4.90 Å². The number of amides is 1. The molecule has 2 aromatic carbocycles. The van der Waals surface area contributed by atoms with Gasteiger partial charge in [-0.15, -0.1) is 0 Å². The van der Waals surface area contributed by atoms with E-state index in [0.29, 0.717) is 20.4 Å². The largest absolute Gasteiger partial charge is 0.461 e. The molecule has 1 aliphatic heterocycles. The summed E-state index contributed by atoms with van der Waals surface area (Å²) in [6.45, 7) is 0.0485. The number of halogens is 2. The van der Waals surface area contributed by atoms with Crippen LogP contribution in [0.2, 0.25) is 0 Å². The Labute approximate surface area is 170 Å². The molecule has 0 aromatic heterocycles. The molecule has 3 rings (SSSR count). The van der Waals surface area contributed by atoms with Crippen LogP contribution in [0, 0.1) is 11.6 Å². The maximum atomic E-state index is 13.1. The Morgan fingerprint density at radius 2 is 1.89 bits per heavy atom. The predicted octanol–water partition coefficient (Wildman–Crippen LogP) is 4.30. The Hall–Kier alpha value is -2.58. The number of thioether (sulfide) groups is 1. The quantitative estimate of drug-likeness (QED) is 0.397. The zero-order chi connectivity index (χ0) is 20.1. The molecule has 0 unspecified atom stereocenters. The maximum Gasteiger partial charge on any atom is 0.307 e. The summed E-state index contributed by atoms with van der Waals surface area (Å²) in [6.07, 6.45) is 1.59. The molecular weight excluding hydrogens is 404 g/mol. The first-order valence-electron chi connectivity index (χ1n) is 8.33. The third-order valence-corrected chi connectivity index (χ3v) is 5.25. The smallest absolute Gasteiger partial charge is 0.307 e. The van der Waals surface area contributed by atoms with E-state index >= 15 is 0 Å². The molecule has 8 heteroatoms. The van der Waals surface area contributed by atoms with Crippen molar-refractivity contribution >= 4 is 46.3 Å². The molecule has 28 heavy (non-hydrogen) atoms. The molecule has 0 N–H and O–H groups in total. The molecule has 1 amide bonds. The van der Waals surface area contributed by atoms with Crippen LogP contribution in [0.15, 0.2) is 53.4 Å². The lowest BCUT2D eigenvalue weighted by Gasteiger charge is -2.13. The molecule has 0 aliphatic carbocycles. The van der Waals surface area contributed by atoms with E-state index in [4.69, 9.17) is 17.0 Å². The van der Waals surface area contributed by atoms with Gasteiger partial charge in [-0.2, -0.15) is 0 Å². The average Bonchev–Trinajstić information content (AvgIpc) is 2.93. The van der Waals surface area contributed by atoms with E-state index in [9.17, 15) is 18.4 Å².